The van der Waals surface area contributed by atoms with Gasteiger partial charge in [0.25, 0.3) is 5.91 Å². The molecule has 0 radical (unpaired) electrons. The minimum absolute atomic E-state index is 0.0224. The number of aromatic nitrogens is 2. The van der Waals surface area contributed by atoms with Crippen molar-refractivity contribution in [1.82, 2.24) is 15.3 Å². The lowest BCUT2D eigenvalue weighted by atomic mass is 10.0. The zero-order valence-electron chi connectivity index (χ0n) is 14.5. The predicted octanol–water partition coefficient (Wildman–Crippen LogP) is 3.89. The number of aromatic hydroxyl groups is 1. The summed E-state index contributed by atoms with van der Waals surface area (Å²) in [5, 5.41) is 14.5. The summed E-state index contributed by atoms with van der Waals surface area (Å²) in [6.07, 6.45) is 2.60. The van der Waals surface area contributed by atoms with E-state index in [0.717, 1.165) is 51.0 Å². The highest BCUT2D eigenvalue weighted by Crippen LogP contribution is 2.29. The summed E-state index contributed by atoms with van der Waals surface area (Å²) in [5.41, 5.74) is 5.49. The number of nitrogens with one attached hydrogen (secondary N) is 2. The van der Waals surface area contributed by atoms with Crippen LogP contribution in [0, 0.1) is 0 Å². The molecule has 1 amide bonds. The van der Waals surface area contributed by atoms with Crippen LogP contribution in [0.3, 0.4) is 0 Å². The molecule has 0 saturated heterocycles. The van der Waals surface area contributed by atoms with Gasteiger partial charge in [0, 0.05) is 41.7 Å². The van der Waals surface area contributed by atoms with E-state index in [1.165, 1.54) is 0 Å². The minimum Gasteiger partial charge on any atom is -0.508 e. The number of amides is 1. The lowest BCUT2D eigenvalue weighted by molar-refractivity contribution is 0.0946. The number of hydrogen-bond donors (Lipinski definition) is 3. The first-order valence-electron chi connectivity index (χ1n) is 8.87. The summed E-state index contributed by atoms with van der Waals surface area (Å²) < 4.78 is 0. The lowest BCUT2D eigenvalue weighted by Gasteiger charge is -2.11. The molecule has 5 rings (SSSR count). The molecule has 4 aromatic rings. The number of aromatic amines is 1. The second-order valence-corrected chi connectivity index (χ2v) is 6.76. The third kappa shape index (κ3) is 2.73. The number of nitrogens with zero attached hydrogens (tertiary/aromatic N) is 1. The Kier molecular flexibility index (Phi) is 3.47. The fourth-order valence-corrected chi connectivity index (χ4v) is 3.60. The van der Waals surface area contributed by atoms with Crippen molar-refractivity contribution in [2.45, 2.75) is 6.42 Å². The van der Waals surface area contributed by atoms with Crippen molar-refractivity contribution >= 4 is 16.7 Å². The molecule has 27 heavy (non-hydrogen) atoms. The van der Waals surface area contributed by atoms with E-state index in [2.05, 4.69) is 21.4 Å². The molecule has 0 aliphatic carbocycles. The second kappa shape index (κ2) is 5.99. The van der Waals surface area contributed by atoms with E-state index < -0.39 is 0 Å². The largest absolute Gasteiger partial charge is 0.508 e. The summed E-state index contributed by atoms with van der Waals surface area (Å²) >= 11 is 0. The van der Waals surface area contributed by atoms with Crippen molar-refractivity contribution in [3.63, 3.8) is 0 Å². The monoisotopic (exact) mass is 355 g/mol. The van der Waals surface area contributed by atoms with Gasteiger partial charge in [-0.3, -0.25) is 9.78 Å². The molecule has 0 spiro atoms. The first-order chi connectivity index (χ1) is 13.2. The van der Waals surface area contributed by atoms with E-state index >= 15 is 0 Å². The second-order valence-electron chi connectivity index (χ2n) is 6.76. The van der Waals surface area contributed by atoms with Gasteiger partial charge in [-0.15, -0.1) is 0 Å². The SMILES string of the molecule is O=C1NCCc2[nH]c(-c3ccnc(-c4ccc5cc(O)ccc5c4)c3)cc21. The normalized spacial score (nSPS) is 13.4. The first-order valence-corrected chi connectivity index (χ1v) is 8.87. The fraction of sp³-hybridized carbons (Fsp3) is 0.0909. The molecule has 3 N–H and O–H groups in total. The number of phenolic OH excluding ortho intramolecular Hbond substituents is 1. The first kappa shape index (κ1) is 15.6. The minimum atomic E-state index is -0.0224. The number of carbonyl (C=O) groups excluding carboxylic acids is 1. The topological polar surface area (TPSA) is 78.0 Å². The number of rotatable bonds is 2. The maximum Gasteiger partial charge on any atom is 0.253 e. The van der Waals surface area contributed by atoms with Gasteiger partial charge in [0.1, 0.15) is 5.75 Å². The van der Waals surface area contributed by atoms with Crippen LogP contribution in [-0.2, 0) is 6.42 Å². The Labute approximate surface area is 155 Å². The van der Waals surface area contributed by atoms with Crippen LogP contribution in [0.5, 0.6) is 5.75 Å². The van der Waals surface area contributed by atoms with Crippen LogP contribution in [0.4, 0.5) is 0 Å². The number of carbonyl (C=O) groups is 1. The Balaban J connectivity index is 1.56. The van der Waals surface area contributed by atoms with Gasteiger partial charge in [0.05, 0.1) is 11.3 Å². The zero-order valence-corrected chi connectivity index (χ0v) is 14.5. The standard InChI is InChI=1S/C22H17N3O2/c26-17-4-3-13-9-15(2-1-14(13)10-17)20-11-16(5-7-23-20)21-12-18-19(25-21)6-8-24-22(18)27/h1-5,7,9-12,25-26H,6,8H2,(H,24,27). The van der Waals surface area contributed by atoms with Crippen LogP contribution >= 0.6 is 0 Å². The van der Waals surface area contributed by atoms with Gasteiger partial charge in [0.15, 0.2) is 0 Å². The van der Waals surface area contributed by atoms with Crippen molar-refractivity contribution in [3.05, 3.63) is 72.1 Å². The summed E-state index contributed by atoms with van der Waals surface area (Å²) in [7, 11) is 0. The van der Waals surface area contributed by atoms with Crippen molar-refractivity contribution in [1.29, 1.82) is 0 Å². The molecule has 0 unspecified atom stereocenters. The van der Waals surface area contributed by atoms with E-state index in [4.69, 9.17) is 0 Å². The van der Waals surface area contributed by atoms with E-state index in [9.17, 15) is 9.90 Å². The number of phenols is 1. The molecule has 2 aromatic heterocycles. The molecule has 1 aliphatic rings. The fourth-order valence-electron chi connectivity index (χ4n) is 3.60. The average Bonchev–Trinajstić information content (AvgIpc) is 3.13. The third-order valence-corrected chi connectivity index (χ3v) is 5.00. The van der Waals surface area contributed by atoms with Gasteiger partial charge in [0.2, 0.25) is 0 Å². The predicted molar refractivity (Wildman–Crippen MR) is 105 cm³/mol. The number of fused-ring (bicyclic) bond motifs is 2. The van der Waals surface area contributed by atoms with E-state index in [1.807, 2.05) is 36.4 Å². The van der Waals surface area contributed by atoms with Gasteiger partial charge >= 0.3 is 0 Å². The van der Waals surface area contributed by atoms with E-state index in [1.54, 1.807) is 18.3 Å². The van der Waals surface area contributed by atoms with Crippen molar-refractivity contribution < 1.29 is 9.90 Å². The molecule has 1 aliphatic heterocycles. The van der Waals surface area contributed by atoms with Gasteiger partial charge < -0.3 is 15.4 Å². The molecule has 0 saturated carbocycles. The quantitative estimate of drug-likeness (QED) is 0.510. The number of H-pyrrole nitrogens is 1. The zero-order chi connectivity index (χ0) is 18.4. The van der Waals surface area contributed by atoms with E-state index in [0.29, 0.717) is 6.54 Å². The molecule has 0 atom stereocenters. The van der Waals surface area contributed by atoms with Crippen LogP contribution in [-0.4, -0.2) is 27.5 Å². The lowest BCUT2D eigenvalue weighted by Crippen LogP contribution is -2.31. The number of pyridine rings is 1. The van der Waals surface area contributed by atoms with Gasteiger partial charge in [-0.05, 0) is 47.2 Å². The highest BCUT2D eigenvalue weighted by Gasteiger charge is 2.20. The Morgan fingerprint density at radius 3 is 2.67 bits per heavy atom. The van der Waals surface area contributed by atoms with Crippen LogP contribution < -0.4 is 5.32 Å². The summed E-state index contributed by atoms with van der Waals surface area (Å²) in [5.74, 6) is 0.237. The Bertz CT molecular complexity index is 1190. The van der Waals surface area contributed by atoms with E-state index in [-0.39, 0.29) is 11.7 Å². The Morgan fingerprint density at radius 2 is 1.78 bits per heavy atom. The molecular formula is C22H17N3O2. The number of hydrogen-bond acceptors (Lipinski definition) is 3. The highest BCUT2D eigenvalue weighted by molar-refractivity contribution is 5.98. The summed E-state index contributed by atoms with van der Waals surface area (Å²) in [6, 6.07) is 17.3. The molecule has 5 nitrogen and oxygen atoms in total. The maximum atomic E-state index is 12.0. The molecule has 3 heterocycles. The molecule has 0 bridgehead atoms. The highest BCUT2D eigenvalue weighted by atomic mass is 16.3. The molecular weight excluding hydrogens is 338 g/mol. The number of benzene rings is 2. The van der Waals surface area contributed by atoms with Crippen molar-refractivity contribution in [2.75, 3.05) is 6.54 Å². The molecule has 5 heteroatoms. The van der Waals surface area contributed by atoms with Crippen molar-refractivity contribution in [3.8, 4) is 28.3 Å². The summed E-state index contributed by atoms with van der Waals surface area (Å²) in [6.45, 7) is 0.667. The van der Waals surface area contributed by atoms with Gasteiger partial charge in [-0.25, -0.2) is 0 Å². The van der Waals surface area contributed by atoms with Crippen molar-refractivity contribution in [2.24, 2.45) is 0 Å². The average molecular weight is 355 g/mol. The Hall–Kier alpha value is -3.60. The molecule has 2 aromatic carbocycles. The molecule has 0 fully saturated rings. The maximum absolute atomic E-state index is 12.0. The van der Waals surface area contributed by atoms with Gasteiger partial charge in [-0.2, -0.15) is 0 Å². The van der Waals surface area contributed by atoms with Crippen LogP contribution in [0.25, 0.3) is 33.3 Å². The van der Waals surface area contributed by atoms with Crippen LogP contribution in [0.15, 0.2) is 60.8 Å². The van der Waals surface area contributed by atoms with Crippen LogP contribution in [0.2, 0.25) is 0 Å². The smallest absolute Gasteiger partial charge is 0.253 e. The molecule has 132 valence electrons. The van der Waals surface area contributed by atoms with Crippen LogP contribution in [0.1, 0.15) is 16.1 Å². The summed E-state index contributed by atoms with van der Waals surface area (Å²) in [4.78, 5) is 19.9. The Morgan fingerprint density at radius 1 is 0.926 bits per heavy atom. The van der Waals surface area contributed by atoms with Gasteiger partial charge in [-0.1, -0.05) is 18.2 Å². The third-order valence-electron chi connectivity index (χ3n) is 5.00.